The Balaban J connectivity index is 1.45. The third-order valence-electron chi connectivity index (χ3n) is 6.25. The predicted octanol–water partition coefficient (Wildman–Crippen LogP) is 3.68. The predicted molar refractivity (Wildman–Crippen MR) is 132 cm³/mol. The van der Waals surface area contributed by atoms with Gasteiger partial charge in [-0.2, -0.15) is 4.37 Å². The van der Waals surface area contributed by atoms with Crippen molar-refractivity contribution in [2.24, 2.45) is 0 Å². The Bertz CT molecular complexity index is 1390. The summed E-state index contributed by atoms with van der Waals surface area (Å²) in [5.41, 5.74) is 3.59. The van der Waals surface area contributed by atoms with E-state index in [0.717, 1.165) is 46.5 Å². The van der Waals surface area contributed by atoms with Crippen molar-refractivity contribution < 1.29 is 19.0 Å². The van der Waals surface area contributed by atoms with Gasteiger partial charge in [-0.1, -0.05) is 0 Å². The average Bonchev–Trinajstić information content (AvgIpc) is 3.63. The van der Waals surface area contributed by atoms with Crippen LogP contribution in [0.25, 0.3) is 21.3 Å². The van der Waals surface area contributed by atoms with Crippen LogP contribution >= 0.6 is 11.5 Å². The molecule has 0 aromatic carbocycles. The van der Waals surface area contributed by atoms with Crippen LogP contribution in [0.2, 0.25) is 0 Å². The van der Waals surface area contributed by atoms with E-state index in [0.29, 0.717) is 48.3 Å². The number of pyridine rings is 2. The van der Waals surface area contributed by atoms with Crippen LogP contribution in [0, 0.1) is 0 Å². The molecule has 6 heterocycles. The zero-order valence-corrected chi connectivity index (χ0v) is 19.9. The van der Waals surface area contributed by atoms with Crippen LogP contribution < -0.4 is 20.1 Å². The van der Waals surface area contributed by atoms with Gasteiger partial charge >= 0.3 is 0 Å². The lowest BCUT2D eigenvalue weighted by atomic mass is 10.1. The molecule has 0 aliphatic carbocycles. The highest BCUT2D eigenvalue weighted by molar-refractivity contribution is 7.13. The number of hydrogen-bond donors (Lipinski definition) is 3. The molecule has 10 nitrogen and oxygen atoms in total. The number of anilines is 2. The first kappa shape index (κ1) is 21.8. The molecule has 0 spiro atoms. The van der Waals surface area contributed by atoms with Gasteiger partial charge in [-0.05, 0) is 36.5 Å². The third-order valence-corrected chi connectivity index (χ3v) is 7.07. The third kappa shape index (κ3) is 3.96. The van der Waals surface area contributed by atoms with Crippen molar-refractivity contribution in [1.82, 2.24) is 24.6 Å². The van der Waals surface area contributed by atoms with Crippen molar-refractivity contribution >= 4 is 39.0 Å². The Morgan fingerprint density at radius 3 is 3.11 bits per heavy atom. The summed E-state index contributed by atoms with van der Waals surface area (Å²) in [6, 6.07) is 3.77. The standard InChI is InChI=1S/C24H24N6O4S/c1-32-24-19-17(6-9-27-24)35-30-22(19)29-21-18-15(5-8-26-23(18)31)28-20(21)14-4-7-25-11-16(14)34-12-13-3-2-10-33-13/h4,6-7,9,11,13,28H,2-3,5,8,10,12H2,1H3,(H,26,31)(H,29,30)/t13-/m1/s1. The van der Waals surface area contributed by atoms with Gasteiger partial charge in [0.2, 0.25) is 5.88 Å². The van der Waals surface area contributed by atoms with Gasteiger partial charge in [-0.3, -0.25) is 9.78 Å². The molecule has 35 heavy (non-hydrogen) atoms. The lowest BCUT2D eigenvalue weighted by Crippen LogP contribution is -2.31. The average molecular weight is 493 g/mol. The van der Waals surface area contributed by atoms with Crippen LogP contribution in [-0.2, 0) is 11.2 Å². The second kappa shape index (κ2) is 9.16. The topological polar surface area (TPSA) is 123 Å². The summed E-state index contributed by atoms with van der Waals surface area (Å²) < 4.78 is 22.9. The SMILES string of the molecule is COc1nccc2snc(Nc3c(-c4ccncc4OC[C@H]4CCCO4)[nH]c4c3C(=O)NCC4)c12. The fourth-order valence-corrected chi connectivity index (χ4v) is 5.31. The Hall–Kier alpha value is -3.70. The summed E-state index contributed by atoms with van der Waals surface area (Å²) >= 11 is 1.34. The minimum Gasteiger partial charge on any atom is -0.489 e. The van der Waals surface area contributed by atoms with Crippen LogP contribution in [0.5, 0.6) is 11.6 Å². The van der Waals surface area contributed by atoms with Crippen molar-refractivity contribution in [3.63, 3.8) is 0 Å². The molecule has 0 saturated carbocycles. The minimum atomic E-state index is -0.142. The molecule has 6 rings (SSSR count). The summed E-state index contributed by atoms with van der Waals surface area (Å²) in [7, 11) is 1.58. The van der Waals surface area contributed by atoms with Gasteiger partial charge in [-0.15, -0.1) is 0 Å². The molecule has 1 saturated heterocycles. The van der Waals surface area contributed by atoms with E-state index < -0.39 is 0 Å². The molecule has 2 aliphatic rings. The Labute approximate surface area is 205 Å². The van der Waals surface area contributed by atoms with E-state index in [2.05, 4.69) is 30.0 Å². The summed E-state index contributed by atoms with van der Waals surface area (Å²) in [5, 5.41) is 7.13. The van der Waals surface area contributed by atoms with Gasteiger partial charge in [0.15, 0.2) is 5.82 Å². The van der Waals surface area contributed by atoms with Gasteiger partial charge in [-0.25, -0.2) is 4.98 Å². The molecule has 2 aliphatic heterocycles. The molecule has 4 aromatic heterocycles. The summed E-state index contributed by atoms with van der Waals surface area (Å²) in [5.74, 6) is 1.52. The van der Waals surface area contributed by atoms with Crippen LogP contribution in [0.3, 0.4) is 0 Å². The van der Waals surface area contributed by atoms with E-state index in [1.54, 1.807) is 25.7 Å². The minimum absolute atomic E-state index is 0.0737. The largest absolute Gasteiger partial charge is 0.489 e. The number of H-pyrrole nitrogens is 1. The van der Waals surface area contributed by atoms with E-state index in [9.17, 15) is 4.79 Å². The highest BCUT2D eigenvalue weighted by Crippen LogP contribution is 2.42. The highest BCUT2D eigenvalue weighted by atomic mass is 32.1. The Morgan fingerprint density at radius 1 is 1.31 bits per heavy atom. The quantitative estimate of drug-likeness (QED) is 0.357. The maximum atomic E-state index is 13.0. The molecule has 0 unspecified atom stereocenters. The normalized spacial score (nSPS) is 17.3. The number of amides is 1. The lowest BCUT2D eigenvalue weighted by Gasteiger charge is -2.16. The number of aromatic nitrogens is 4. The van der Waals surface area contributed by atoms with Crippen molar-refractivity contribution in [2.75, 3.05) is 32.2 Å². The second-order valence-corrected chi connectivity index (χ2v) is 9.21. The van der Waals surface area contributed by atoms with E-state index in [1.807, 2.05) is 12.1 Å². The first-order valence-electron chi connectivity index (χ1n) is 11.5. The number of carbonyl (C=O) groups is 1. The lowest BCUT2D eigenvalue weighted by molar-refractivity contribution is 0.0680. The number of methoxy groups -OCH3 is 1. The molecule has 3 N–H and O–H groups in total. The van der Waals surface area contributed by atoms with Gasteiger partial charge in [0.25, 0.3) is 5.91 Å². The molecule has 0 radical (unpaired) electrons. The Kier molecular flexibility index (Phi) is 5.71. The molecule has 0 bridgehead atoms. The number of ether oxygens (including phenoxy) is 3. The van der Waals surface area contributed by atoms with Crippen LogP contribution in [-0.4, -0.2) is 58.2 Å². The number of nitrogens with zero attached hydrogens (tertiary/aromatic N) is 3. The van der Waals surface area contributed by atoms with Crippen molar-refractivity contribution in [3.05, 3.63) is 42.0 Å². The number of rotatable bonds is 7. The smallest absolute Gasteiger partial charge is 0.255 e. The van der Waals surface area contributed by atoms with Gasteiger partial charge in [0.1, 0.15) is 12.4 Å². The molecular weight excluding hydrogens is 468 g/mol. The molecule has 1 amide bonds. The number of carbonyl (C=O) groups excluding carboxylic acids is 1. The Morgan fingerprint density at radius 2 is 2.26 bits per heavy atom. The molecular formula is C24H24N6O4S. The van der Waals surface area contributed by atoms with E-state index in [1.165, 1.54) is 11.5 Å². The molecule has 180 valence electrons. The zero-order valence-electron chi connectivity index (χ0n) is 19.1. The maximum absolute atomic E-state index is 13.0. The van der Waals surface area contributed by atoms with Gasteiger partial charge in [0.05, 0.1) is 46.4 Å². The molecule has 11 heteroatoms. The number of fused-ring (bicyclic) bond motifs is 2. The number of hydrogen-bond acceptors (Lipinski definition) is 9. The van der Waals surface area contributed by atoms with Gasteiger partial charge in [0, 0.05) is 43.2 Å². The maximum Gasteiger partial charge on any atom is 0.255 e. The van der Waals surface area contributed by atoms with E-state index in [4.69, 9.17) is 14.2 Å². The van der Waals surface area contributed by atoms with Crippen molar-refractivity contribution in [1.29, 1.82) is 0 Å². The first-order valence-corrected chi connectivity index (χ1v) is 12.3. The highest BCUT2D eigenvalue weighted by Gasteiger charge is 2.29. The zero-order chi connectivity index (χ0) is 23.8. The van der Waals surface area contributed by atoms with E-state index in [-0.39, 0.29) is 12.0 Å². The fraction of sp³-hybridized carbons (Fsp3) is 0.333. The molecule has 1 fully saturated rings. The summed E-state index contributed by atoms with van der Waals surface area (Å²) in [6.45, 7) is 1.78. The fourth-order valence-electron chi connectivity index (χ4n) is 4.59. The number of nitrogens with one attached hydrogen (secondary N) is 3. The monoisotopic (exact) mass is 492 g/mol. The van der Waals surface area contributed by atoms with Crippen LogP contribution in [0.1, 0.15) is 28.9 Å². The molecule has 1 atom stereocenters. The summed E-state index contributed by atoms with van der Waals surface area (Å²) in [6.07, 6.45) is 7.88. The van der Waals surface area contributed by atoms with Crippen molar-refractivity contribution in [3.8, 4) is 22.9 Å². The second-order valence-electron chi connectivity index (χ2n) is 8.40. The first-order chi connectivity index (χ1) is 17.2. The van der Waals surface area contributed by atoms with Gasteiger partial charge < -0.3 is 29.8 Å². The molecule has 4 aromatic rings. The summed E-state index contributed by atoms with van der Waals surface area (Å²) in [4.78, 5) is 25.0. The van der Waals surface area contributed by atoms with Crippen LogP contribution in [0.4, 0.5) is 11.5 Å². The van der Waals surface area contributed by atoms with Crippen LogP contribution in [0.15, 0.2) is 30.7 Å². The van der Waals surface area contributed by atoms with E-state index >= 15 is 0 Å². The number of aromatic amines is 1. The van der Waals surface area contributed by atoms with Crippen molar-refractivity contribution in [2.45, 2.75) is 25.4 Å².